The molecule has 0 bridgehead atoms. The molecule has 1 aromatic carbocycles. The van der Waals surface area contributed by atoms with Crippen molar-refractivity contribution in [2.24, 2.45) is 0 Å². The summed E-state index contributed by atoms with van der Waals surface area (Å²) in [6.07, 6.45) is -1.62. The van der Waals surface area contributed by atoms with Crippen LogP contribution < -0.4 is 0 Å². The summed E-state index contributed by atoms with van der Waals surface area (Å²) in [5.41, 5.74) is 0.553. The Bertz CT molecular complexity index is 459. The molecule has 0 fully saturated rings. The monoisotopic (exact) mass is 320 g/mol. The molecule has 2 unspecified atom stereocenters. The SMILES string of the molecule is CC(Cl)C(=O)c1ccc(C(O)C(=O)O)c(Br)c1. The van der Waals surface area contributed by atoms with Gasteiger partial charge in [0.15, 0.2) is 11.9 Å². The van der Waals surface area contributed by atoms with Gasteiger partial charge in [0, 0.05) is 15.6 Å². The van der Waals surface area contributed by atoms with Gasteiger partial charge in [0.05, 0.1) is 5.38 Å². The predicted octanol–water partition coefficient (Wildman–Crippen LogP) is 2.38. The van der Waals surface area contributed by atoms with Gasteiger partial charge < -0.3 is 10.2 Å². The lowest BCUT2D eigenvalue weighted by atomic mass is 10.0. The van der Waals surface area contributed by atoms with E-state index in [2.05, 4.69) is 15.9 Å². The van der Waals surface area contributed by atoms with Crippen molar-refractivity contribution in [3.63, 3.8) is 0 Å². The molecule has 92 valence electrons. The van der Waals surface area contributed by atoms with Crippen LogP contribution in [0.4, 0.5) is 0 Å². The number of aliphatic hydroxyl groups excluding tert-OH is 1. The van der Waals surface area contributed by atoms with Crippen LogP contribution in [0, 0.1) is 0 Å². The van der Waals surface area contributed by atoms with Gasteiger partial charge in [-0.25, -0.2) is 4.79 Å². The van der Waals surface area contributed by atoms with Gasteiger partial charge >= 0.3 is 5.97 Å². The Morgan fingerprint density at radius 2 is 2.00 bits per heavy atom. The zero-order chi connectivity index (χ0) is 13.2. The molecule has 0 aliphatic heterocycles. The van der Waals surface area contributed by atoms with E-state index in [4.69, 9.17) is 16.7 Å². The molecule has 0 amide bonds. The van der Waals surface area contributed by atoms with Crippen molar-refractivity contribution in [3.05, 3.63) is 33.8 Å². The van der Waals surface area contributed by atoms with E-state index >= 15 is 0 Å². The highest BCUT2D eigenvalue weighted by molar-refractivity contribution is 9.10. The van der Waals surface area contributed by atoms with E-state index in [9.17, 15) is 14.7 Å². The summed E-state index contributed by atoms with van der Waals surface area (Å²) in [7, 11) is 0. The molecular formula is C11H10BrClO4. The van der Waals surface area contributed by atoms with E-state index in [1.165, 1.54) is 18.2 Å². The minimum atomic E-state index is -1.62. The maximum atomic E-state index is 11.6. The fourth-order valence-electron chi connectivity index (χ4n) is 1.26. The molecule has 0 saturated heterocycles. The number of Topliss-reactive ketones (excluding diaryl/α,β-unsaturated/α-hetero) is 1. The highest BCUT2D eigenvalue weighted by atomic mass is 79.9. The lowest BCUT2D eigenvalue weighted by molar-refractivity contribution is -0.147. The Balaban J connectivity index is 3.10. The number of aliphatic carboxylic acids is 1. The summed E-state index contributed by atoms with van der Waals surface area (Å²) in [4.78, 5) is 22.2. The average molecular weight is 322 g/mol. The van der Waals surface area contributed by atoms with Gasteiger partial charge in [-0.3, -0.25) is 4.79 Å². The number of aliphatic hydroxyl groups is 1. The van der Waals surface area contributed by atoms with E-state index in [-0.39, 0.29) is 11.3 Å². The van der Waals surface area contributed by atoms with Crippen LogP contribution in [0.25, 0.3) is 0 Å². The molecule has 0 saturated carbocycles. The van der Waals surface area contributed by atoms with Crippen molar-refractivity contribution in [2.45, 2.75) is 18.4 Å². The number of ketones is 1. The maximum absolute atomic E-state index is 11.6. The van der Waals surface area contributed by atoms with Gasteiger partial charge in [0.25, 0.3) is 0 Å². The minimum Gasteiger partial charge on any atom is -0.479 e. The van der Waals surface area contributed by atoms with E-state index < -0.39 is 17.5 Å². The second-order valence-electron chi connectivity index (χ2n) is 3.46. The second kappa shape index (κ2) is 5.62. The third kappa shape index (κ3) is 3.28. The van der Waals surface area contributed by atoms with Crippen molar-refractivity contribution in [1.82, 2.24) is 0 Å². The number of carboxylic acids is 1. The largest absolute Gasteiger partial charge is 0.479 e. The molecule has 1 rings (SSSR count). The summed E-state index contributed by atoms with van der Waals surface area (Å²) in [5.74, 6) is -1.61. The van der Waals surface area contributed by atoms with Gasteiger partial charge in [0.2, 0.25) is 0 Å². The van der Waals surface area contributed by atoms with Crippen LogP contribution in [0.5, 0.6) is 0 Å². The molecule has 0 radical (unpaired) electrons. The lowest BCUT2D eigenvalue weighted by Gasteiger charge is -2.10. The summed E-state index contributed by atoms with van der Waals surface area (Å²) >= 11 is 8.77. The number of hydrogen-bond donors (Lipinski definition) is 2. The summed E-state index contributed by atoms with van der Waals surface area (Å²) in [6, 6.07) is 4.27. The molecule has 0 heterocycles. The normalized spacial score (nSPS) is 14.1. The van der Waals surface area contributed by atoms with E-state index in [1.54, 1.807) is 6.92 Å². The van der Waals surface area contributed by atoms with Crippen molar-refractivity contribution in [2.75, 3.05) is 0 Å². The van der Waals surface area contributed by atoms with Crippen molar-refractivity contribution < 1.29 is 19.8 Å². The topological polar surface area (TPSA) is 74.6 Å². The van der Waals surface area contributed by atoms with Crippen LogP contribution in [-0.2, 0) is 4.79 Å². The molecule has 4 nitrogen and oxygen atoms in total. The van der Waals surface area contributed by atoms with Crippen LogP contribution in [0.1, 0.15) is 28.9 Å². The number of rotatable bonds is 4. The molecular weight excluding hydrogens is 311 g/mol. The van der Waals surface area contributed by atoms with Crippen LogP contribution >= 0.6 is 27.5 Å². The molecule has 1 aromatic rings. The highest BCUT2D eigenvalue weighted by Crippen LogP contribution is 2.25. The molecule has 0 spiro atoms. The number of carboxylic acid groups (broad SMARTS) is 1. The Labute approximate surface area is 111 Å². The number of benzene rings is 1. The van der Waals surface area contributed by atoms with E-state index in [0.29, 0.717) is 10.0 Å². The molecule has 0 aromatic heterocycles. The first-order valence-electron chi connectivity index (χ1n) is 4.73. The third-order valence-electron chi connectivity index (χ3n) is 2.17. The highest BCUT2D eigenvalue weighted by Gasteiger charge is 2.20. The Hall–Kier alpha value is -0.910. The zero-order valence-corrected chi connectivity index (χ0v) is 11.2. The van der Waals surface area contributed by atoms with Crippen LogP contribution in [0.3, 0.4) is 0 Å². The van der Waals surface area contributed by atoms with Crippen molar-refractivity contribution in [3.8, 4) is 0 Å². The fourth-order valence-corrected chi connectivity index (χ4v) is 1.99. The standard InChI is InChI=1S/C11H10BrClO4/c1-5(13)9(14)6-2-3-7(8(12)4-6)10(15)11(16)17/h2-5,10,15H,1H3,(H,16,17). The molecule has 0 aliphatic carbocycles. The van der Waals surface area contributed by atoms with Gasteiger partial charge in [0.1, 0.15) is 0 Å². The molecule has 6 heteroatoms. The molecule has 17 heavy (non-hydrogen) atoms. The predicted molar refractivity (Wildman–Crippen MR) is 66.4 cm³/mol. The average Bonchev–Trinajstić information content (AvgIpc) is 2.26. The Morgan fingerprint density at radius 3 is 2.41 bits per heavy atom. The first-order chi connectivity index (χ1) is 7.84. The third-order valence-corrected chi connectivity index (χ3v) is 3.06. The number of carbonyl (C=O) groups excluding carboxylic acids is 1. The molecule has 0 aliphatic rings. The first kappa shape index (κ1) is 14.2. The first-order valence-corrected chi connectivity index (χ1v) is 5.96. The van der Waals surface area contributed by atoms with Crippen LogP contribution in [0.15, 0.2) is 22.7 Å². The maximum Gasteiger partial charge on any atom is 0.337 e. The van der Waals surface area contributed by atoms with Crippen molar-refractivity contribution >= 4 is 39.3 Å². The summed E-state index contributed by atoms with van der Waals surface area (Å²) in [6.45, 7) is 1.55. The molecule has 2 atom stereocenters. The lowest BCUT2D eigenvalue weighted by Crippen LogP contribution is -2.13. The van der Waals surface area contributed by atoms with Crippen LogP contribution in [-0.4, -0.2) is 27.3 Å². The van der Waals surface area contributed by atoms with Gasteiger partial charge in [-0.2, -0.15) is 0 Å². The second-order valence-corrected chi connectivity index (χ2v) is 4.97. The van der Waals surface area contributed by atoms with Crippen LogP contribution in [0.2, 0.25) is 0 Å². The zero-order valence-electron chi connectivity index (χ0n) is 8.85. The number of carbonyl (C=O) groups is 2. The number of halogens is 2. The Morgan fingerprint density at radius 1 is 1.41 bits per heavy atom. The quantitative estimate of drug-likeness (QED) is 0.659. The van der Waals surface area contributed by atoms with Gasteiger partial charge in [-0.15, -0.1) is 11.6 Å². The summed E-state index contributed by atoms with van der Waals surface area (Å²) < 4.78 is 0.357. The minimum absolute atomic E-state index is 0.191. The number of alkyl halides is 1. The smallest absolute Gasteiger partial charge is 0.337 e. The van der Waals surface area contributed by atoms with Gasteiger partial charge in [-0.05, 0) is 13.0 Å². The Kier molecular flexibility index (Phi) is 4.68. The van der Waals surface area contributed by atoms with E-state index in [1.807, 2.05) is 0 Å². The van der Waals surface area contributed by atoms with Crippen molar-refractivity contribution in [1.29, 1.82) is 0 Å². The number of hydrogen-bond acceptors (Lipinski definition) is 3. The van der Waals surface area contributed by atoms with E-state index in [0.717, 1.165) is 0 Å². The molecule has 2 N–H and O–H groups in total. The van der Waals surface area contributed by atoms with Gasteiger partial charge in [-0.1, -0.05) is 28.1 Å². The summed E-state index contributed by atoms with van der Waals surface area (Å²) in [5, 5.41) is 17.4. The fraction of sp³-hybridized carbons (Fsp3) is 0.273.